The number of aryl methyl sites for hydroxylation is 2. The number of halogens is 1. The molecule has 0 radical (unpaired) electrons. The predicted octanol–water partition coefficient (Wildman–Crippen LogP) is 3.41. The molecule has 1 aromatic heterocycles. The quantitative estimate of drug-likeness (QED) is 0.683. The Morgan fingerprint density at radius 1 is 1.47 bits per heavy atom. The zero-order valence-corrected chi connectivity index (χ0v) is 10.7. The summed E-state index contributed by atoms with van der Waals surface area (Å²) < 4.78 is 2.09. The molecule has 0 saturated carbocycles. The maximum absolute atomic E-state index is 5.97. The van der Waals surface area contributed by atoms with E-state index in [9.17, 15) is 0 Å². The minimum absolute atomic E-state index is 0.595. The topological polar surface area (TPSA) is 17.8 Å². The number of aromatic nitrogens is 2. The van der Waals surface area contributed by atoms with Crippen molar-refractivity contribution >= 4 is 11.6 Å². The van der Waals surface area contributed by atoms with Crippen molar-refractivity contribution in [2.24, 2.45) is 5.92 Å². The molecule has 0 amide bonds. The van der Waals surface area contributed by atoms with Gasteiger partial charge in [-0.3, -0.25) is 4.68 Å². The Bertz CT molecular complexity index is 294. The number of nitrogens with zero attached hydrogens (tertiary/aromatic N) is 2. The van der Waals surface area contributed by atoms with Gasteiger partial charge in [0.2, 0.25) is 0 Å². The fourth-order valence-electron chi connectivity index (χ4n) is 1.98. The molecule has 2 nitrogen and oxygen atoms in total. The van der Waals surface area contributed by atoms with Gasteiger partial charge in [0, 0.05) is 18.1 Å². The third kappa shape index (κ3) is 3.53. The molecule has 86 valence electrons. The SMILES string of the molecule is CCCC(CCl)Cc1cc(C)nn1CC. The lowest BCUT2D eigenvalue weighted by Gasteiger charge is -2.13. The van der Waals surface area contributed by atoms with Crippen molar-refractivity contribution in [2.45, 2.75) is 46.6 Å². The maximum atomic E-state index is 5.97. The van der Waals surface area contributed by atoms with Crippen LogP contribution in [0.15, 0.2) is 6.07 Å². The third-order valence-corrected chi connectivity index (χ3v) is 3.13. The summed E-state index contributed by atoms with van der Waals surface area (Å²) in [5.74, 6) is 1.35. The Labute approximate surface area is 97.6 Å². The van der Waals surface area contributed by atoms with Crippen LogP contribution in [0.5, 0.6) is 0 Å². The van der Waals surface area contributed by atoms with Gasteiger partial charge in [0.15, 0.2) is 0 Å². The van der Waals surface area contributed by atoms with E-state index in [4.69, 9.17) is 11.6 Å². The average Bonchev–Trinajstić information content (AvgIpc) is 2.58. The van der Waals surface area contributed by atoms with Crippen LogP contribution >= 0.6 is 11.6 Å². The van der Waals surface area contributed by atoms with E-state index >= 15 is 0 Å². The second-order valence-corrected chi connectivity index (χ2v) is 4.41. The molecule has 1 heterocycles. The van der Waals surface area contributed by atoms with Crippen molar-refractivity contribution in [3.05, 3.63) is 17.5 Å². The van der Waals surface area contributed by atoms with E-state index < -0.39 is 0 Å². The van der Waals surface area contributed by atoms with Crippen LogP contribution in [0.3, 0.4) is 0 Å². The summed E-state index contributed by atoms with van der Waals surface area (Å²) in [5, 5.41) is 4.45. The molecule has 0 aliphatic carbocycles. The Kier molecular flexibility index (Phi) is 5.16. The summed E-state index contributed by atoms with van der Waals surface area (Å²) in [5.41, 5.74) is 2.44. The van der Waals surface area contributed by atoms with E-state index in [0.29, 0.717) is 5.92 Å². The van der Waals surface area contributed by atoms with Gasteiger partial charge < -0.3 is 0 Å². The van der Waals surface area contributed by atoms with Gasteiger partial charge in [-0.25, -0.2) is 0 Å². The lowest BCUT2D eigenvalue weighted by Crippen LogP contribution is -2.11. The normalized spacial score (nSPS) is 13.1. The Balaban J connectivity index is 2.68. The molecule has 0 bridgehead atoms. The highest BCUT2D eigenvalue weighted by molar-refractivity contribution is 6.18. The van der Waals surface area contributed by atoms with Crippen LogP contribution in [0.2, 0.25) is 0 Å². The fourth-order valence-corrected chi connectivity index (χ4v) is 2.24. The van der Waals surface area contributed by atoms with Gasteiger partial charge in [-0.2, -0.15) is 5.10 Å². The number of hydrogen-bond acceptors (Lipinski definition) is 1. The lowest BCUT2D eigenvalue weighted by atomic mass is 10.00. The Morgan fingerprint density at radius 2 is 2.20 bits per heavy atom. The summed E-state index contributed by atoms with van der Waals surface area (Å²) >= 11 is 5.97. The molecule has 0 aliphatic rings. The van der Waals surface area contributed by atoms with Crippen LogP contribution in [-0.2, 0) is 13.0 Å². The van der Waals surface area contributed by atoms with Crippen LogP contribution in [0.25, 0.3) is 0 Å². The van der Waals surface area contributed by atoms with E-state index in [0.717, 1.165) is 24.5 Å². The monoisotopic (exact) mass is 228 g/mol. The van der Waals surface area contributed by atoms with Crippen molar-refractivity contribution < 1.29 is 0 Å². The standard InChI is InChI=1S/C12H21ClN2/c1-4-6-11(9-13)8-12-7-10(3)14-15(12)5-2/h7,11H,4-6,8-9H2,1-3H3. The van der Waals surface area contributed by atoms with Crippen LogP contribution < -0.4 is 0 Å². The van der Waals surface area contributed by atoms with Gasteiger partial charge in [0.05, 0.1) is 5.69 Å². The Morgan fingerprint density at radius 3 is 2.73 bits per heavy atom. The molecule has 0 aromatic carbocycles. The van der Waals surface area contributed by atoms with E-state index in [1.165, 1.54) is 18.5 Å². The molecule has 0 aliphatic heterocycles. The summed E-state index contributed by atoms with van der Waals surface area (Å²) in [6.45, 7) is 7.34. The summed E-state index contributed by atoms with van der Waals surface area (Å²) in [6, 6.07) is 2.18. The minimum Gasteiger partial charge on any atom is -0.270 e. The average molecular weight is 229 g/mol. The number of alkyl halides is 1. The van der Waals surface area contributed by atoms with Gasteiger partial charge >= 0.3 is 0 Å². The van der Waals surface area contributed by atoms with Crippen molar-refractivity contribution in [1.82, 2.24) is 9.78 Å². The maximum Gasteiger partial charge on any atom is 0.0596 e. The first kappa shape index (κ1) is 12.6. The molecule has 1 rings (SSSR count). The third-order valence-electron chi connectivity index (χ3n) is 2.70. The Hall–Kier alpha value is -0.500. The molecule has 1 unspecified atom stereocenters. The zero-order valence-electron chi connectivity index (χ0n) is 9.96. The second kappa shape index (κ2) is 6.16. The van der Waals surface area contributed by atoms with E-state index in [-0.39, 0.29) is 0 Å². The summed E-state index contributed by atoms with van der Waals surface area (Å²) in [6.07, 6.45) is 3.47. The highest BCUT2D eigenvalue weighted by Crippen LogP contribution is 2.16. The minimum atomic E-state index is 0.595. The van der Waals surface area contributed by atoms with Crippen LogP contribution in [-0.4, -0.2) is 15.7 Å². The smallest absolute Gasteiger partial charge is 0.0596 e. The molecular formula is C12H21ClN2. The molecule has 1 aromatic rings. The first-order chi connectivity index (χ1) is 7.21. The molecule has 3 heteroatoms. The van der Waals surface area contributed by atoms with Crippen molar-refractivity contribution in [1.29, 1.82) is 0 Å². The first-order valence-electron chi connectivity index (χ1n) is 5.80. The number of rotatable bonds is 6. The van der Waals surface area contributed by atoms with Gasteiger partial charge in [-0.05, 0) is 38.7 Å². The molecule has 0 spiro atoms. The zero-order chi connectivity index (χ0) is 11.3. The summed E-state index contributed by atoms with van der Waals surface area (Å²) in [7, 11) is 0. The molecule has 1 atom stereocenters. The van der Waals surface area contributed by atoms with Crippen molar-refractivity contribution in [2.75, 3.05) is 5.88 Å². The first-order valence-corrected chi connectivity index (χ1v) is 6.34. The molecule has 0 fully saturated rings. The largest absolute Gasteiger partial charge is 0.270 e. The predicted molar refractivity (Wildman–Crippen MR) is 65.5 cm³/mol. The number of hydrogen-bond donors (Lipinski definition) is 0. The molecular weight excluding hydrogens is 208 g/mol. The van der Waals surface area contributed by atoms with Gasteiger partial charge in [-0.15, -0.1) is 11.6 Å². The van der Waals surface area contributed by atoms with E-state index in [1.807, 2.05) is 6.92 Å². The fraction of sp³-hybridized carbons (Fsp3) is 0.750. The summed E-state index contributed by atoms with van der Waals surface area (Å²) in [4.78, 5) is 0. The molecule has 15 heavy (non-hydrogen) atoms. The van der Waals surface area contributed by atoms with Crippen molar-refractivity contribution in [3.63, 3.8) is 0 Å². The van der Waals surface area contributed by atoms with E-state index in [2.05, 4.69) is 29.7 Å². The van der Waals surface area contributed by atoms with Crippen LogP contribution in [0.4, 0.5) is 0 Å². The molecule has 0 saturated heterocycles. The van der Waals surface area contributed by atoms with E-state index in [1.54, 1.807) is 0 Å². The molecule has 0 N–H and O–H groups in total. The van der Waals surface area contributed by atoms with Crippen LogP contribution in [0.1, 0.15) is 38.1 Å². The van der Waals surface area contributed by atoms with Gasteiger partial charge in [0.1, 0.15) is 0 Å². The lowest BCUT2D eigenvalue weighted by molar-refractivity contribution is 0.497. The second-order valence-electron chi connectivity index (χ2n) is 4.11. The highest BCUT2D eigenvalue weighted by atomic mass is 35.5. The van der Waals surface area contributed by atoms with Gasteiger partial charge in [-0.1, -0.05) is 13.3 Å². The highest BCUT2D eigenvalue weighted by Gasteiger charge is 2.11. The van der Waals surface area contributed by atoms with Crippen LogP contribution in [0, 0.1) is 12.8 Å². The van der Waals surface area contributed by atoms with Crippen molar-refractivity contribution in [3.8, 4) is 0 Å². The van der Waals surface area contributed by atoms with Gasteiger partial charge in [0.25, 0.3) is 0 Å².